The van der Waals surface area contributed by atoms with E-state index in [-0.39, 0.29) is 11.9 Å². The van der Waals surface area contributed by atoms with Crippen molar-refractivity contribution >= 4 is 5.91 Å². The first-order valence-electron chi connectivity index (χ1n) is 7.79. The third kappa shape index (κ3) is 2.41. The highest BCUT2D eigenvalue weighted by Crippen LogP contribution is 2.25. The van der Waals surface area contributed by atoms with E-state index < -0.39 is 0 Å². The molecule has 1 aromatic heterocycles. The number of fused-ring (bicyclic) bond motifs is 1. The molecule has 1 saturated heterocycles. The van der Waals surface area contributed by atoms with Crippen LogP contribution in [0.2, 0.25) is 0 Å². The van der Waals surface area contributed by atoms with Gasteiger partial charge in [0.1, 0.15) is 0 Å². The Bertz CT molecular complexity index is 681. The van der Waals surface area contributed by atoms with Crippen LogP contribution in [0.3, 0.4) is 0 Å². The van der Waals surface area contributed by atoms with Gasteiger partial charge in [-0.1, -0.05) is 6.07 Å². The van der Waals surface area contributed by atoms with Crippen LogP contribution in [0.15, 0.2) is 36.7 Å². The monoisotopic (exact) mass is 297 g/mol. The normalized spacial score (nSPS) is 20.9. The van der Waals surface area contributed by atoms with Gasteiger partial charge in [0, 0.05) is 31.0 Å². The SMILES string of the molecule is O=C(c1ccc2c(c1)COC2)N1CCC[C@H](n2cccn2)C1. The summed E-state index contributed by atoms with van der Waals surface area (Å²) in [6, 6.07) is 8.15. The Balaban J connectivity index is 1.52. The predicted molar refractivity (Wildman–Crippen MR) is 81.3 cm³/mol. The van der Waals surface area contributed by atoms with Gasteiger partial charge in [-0.15, -0.1) is 0 Å². The van der Waals surface area contributed by atoms with Crippen molar-refractivity contribution in [2.45, 2.75) is 32.1 Å². The Kier molecular flexibility index (Phi) is 3.42. The maximum Gasteiger partial charge on any atom is 0.253 e. The van der Waals surface area contributed by atoms with Crippen LogP contribution in [0, 0.1) is 0 Å². The van der Waals surface area contributed by atoms with Gasteiger partial charge in [-0.3, -0.25) is 9.48 Å². The summed E-state index contributed by atoms with van der Waals surface area (Å²) in [5.74, 6) is 0.117. The number of carbonyl (C=O) groups is 1. The average molecular weight is 297 g/mol. The molecule has 2 aliphatic heterocycles. The zero-order valence-electron chi connectivity index (χ0n) is 12.4. The van der Waals surface area contributed by atoms with Crippen molar-refractivity contribution in [3.63, 3.8) is 0 Å². The van der Waals surface area contributed by atoms with Gasteiger partial charge in [-0.2, -0.15) is 5.10 Å². The highest BCUT2D eigenvalue weighted by atomic mass is 16.5. The first-order valence-corrected chi connectivity index (χ1v) is 7.79. The molecule has 0 N–H and O–H groups in total. The third-order valence-corrected chi connectivity index (χ3v) is 4.55. The molecule has 0 bridgehead atoms. The van der Waals surface area contributed by atoms with Gasteiger partial charge in [0.25, 0.3) is 5.91 Å². The molecule has 1 aromatic carbocycles. The lowest BCUT2D eigenvalue weighted by Crippen LogP contribution is -2.40. The van der Waals surface area contributed by atoms with Crippen molar-refractivity contribution in [3.8, 4) is 0 Å². The van der Waals surface area contributed by atoms with Crippen molar-refractivity contribution in [2.75, 3.05) is 13.1 Å². The molecule has 2 aromatic rings. The molecule has 1 fully saturated rings. The highest BCUT2D eigenvalue weighted by Gasteiger charge is 2.26. The molecule has 0 saturated carbocycles. The molecular weight excluding hydrogens is 278 g/mol. The number of benzene rings is 1. The first-order chi connectivity index (χ1) is 10.8. The Morgan fingerprint density at radius 3 is 3.05 bits per heavy atom. The van der Waals surface area contributed by atoms with Gasteiger partial charge < -0.3 is 9.64 Å². The van der Waals surface area contributed by atoms with E-state index >= 15 is 0 Å². The topological polar surface area (TPSA) is 47.4 Å². The van der Waals surface area contributed by atoms with E-state index in [9.17, 15) is 4.79 Å². The van der Waals surface area contributed by atoms with Crippen molar-refractivity contribution < 1.29 is 9.53 Å². The van der Waals surface area contributed by atoms with Crippen LogP contribution in [0.25, 0.3) is 0 Å². The van der Waals surface area contributed by atoms with Crippen molar-refractivity contribution in [3.05, 3.63) is 53.3 Å². The quantitative estimate of drug-likeness (QED) is 0.855. The molecule has 0 spiro atoms. The molecule has 0 radical (unpaired) electrons. The van der Waals surface area contributed by atoms with Crippen molar-refractivity contribution in [1.82, 2.24) is 14.7 Å². The highest BCUT2D eigenvalue weighted by molar-refractivity contribution is 5.94. The number of piperidine rings is 1. The van der Waals surface area contributed by atoms with E-state index in [1.807, 2.05) is 40.0 Å². The summed E-state index contributed by atoms with van der Waals surface area (Å²) >= 11 is 0. The molecule has 22 heavy (non-hydrogen) atoms. The minimum atomic E-state index is 0.117. The van der Waals surface area contributed by atoms with E-state index in [1.165, 1.54) is 5.56 Å². The fourth-order valence-corrected chi connectivity index (χ4v) is 3.34. The molecule has 4 rings (SSSR count). The van der Waals surface area contributed by atoms with Gasteiger partial charge in [0.05, 0.1) is 19.3 Å². The summed E-state index contributed by atoms with van der Waals surface area (Å²) in [6.45, 7) is 2.83. The summed E-state index contributed by atoms with van der Waals surface area (Å²) in [7, 11) is 0. The molecular formula is C17H19N3O2. The lowest BCUT2D eigenvalue weighted by atomic mass is 10.0. The van der Waals surface area contributed by atoms with E-state index in [2.05, 4.69) is 5.10 Å². The second-order valence-electron chi connectivity index (χ2n) is 6.01. The first kappa shape index (κ1) is 13.5. The number of hydrogen-bond acceptors (Lipinski definition) is 3. The van der Waals surface area contributed by atoms with Gasteiger partial charge in [0.2, 0.25) is 0 Å². The summed E-state index contributed by atoms with van der Waals surface area (Å²) in [4.78, 5) is 14.7. The summed E-state index contributed by atoms with van der Waals surface area (Å²) in [5.41, 5.74) is 3.11. The Labute approximate surface area is 129 Å². The van der Waals surface area contributed by atoms with E-state index in [4.69, 9.17) is 4.74 Å². The van der Waals surface area contributed by atoms with Crippen LogP contribution in [0.5, 0.6) is 0 Å². The van der Waals surface area contributed by atoms with Crippen molar-refractivity contribution in [2.24, 2.45) is 0 Å². The maximum atomic E-state index is 12.8. The number of likely N-dealkylation sites (tertiary alicyclic amines) is 1. The van der Waals surface area contributed by atoms with Gasteiger partial charge >= 0.3 is 0 Å². The number of rotatable bonds is 2. The molecule has 5 nitrogen and oxygen atoms in total. The van der Waals surface area contributed by atoms with Gasteiger partial charge in [-0.05, 0) is 42.2 Å². The van der Waals surface area contributed by atoms with Gasteiger partial charge in [0.15, 0.2) is 0 Å². The zero-order valence-corrected chi connectivity index (χ0v) is 12.4. The molecule has 5 heteroatoms. The minimum Gasteiger partial charge on any atom is -0.372 e. The number of carbonyl (C=O) groups excluding carboxylic acids is 1. The second kappa shape index (κ2) is 5.57. The van der Waals surface area contributed by atoms with Crippen LogP contribution in [0.4, 0.5) is 0 Å². The van der Waals surface area contributed by atoms with Crippen LogP contribution in [-0.2, 0) is 18.0 Å². The van der Waals surface area contributed by atoms with Crippen LogP contribution < -0.4 is 0 Å². The summed E-state index contributed by atoms with van der Waals surface area (Å²) < 4.78 is 7.39. The second-order valence-corrected chi connectivity index (χ2v) is 6.01. The standard InChI is InChI=1S/C17H19N3O2/c21-17(13-4-5-14-11-22-12-15(14)9-13)19-7-1-3-16(10-19)20-8-2-6-18-20/h2,4-6,8-9,16H,1,3,7,10-12H2/t16-/m0/s1. The molecule has 1 atom stereocenters. The molecule has 0 unspecified atom stereocenters. The average Bonchev–Trinajstić information content (AvgIpc) is 3.25. The lowest BCUT2D eigenvalue weighted by molar-refractivity contribution is 0.0673. The van der Waals surface area contributed by atoms with Crippen molar-refractivity contribution in [1.29, 1.82) is 0 Å². The summed E-state index contributed by atoms with van der Waals surface area (Å²) in [5, 5.41) is 4.32. The lowest BCUT2D eigenvalue weighted by Gasteiger charge is -2.33. The fraction of sp³-hybridized carbons (Fsp3) is 0.412. The smallest absolute Gasteiger partial charge is 0.253 e. The number of nitrogens with zero attached hydrogens (tertiary/aromatic N) is 3. The van der Waals surface area contributed by atoms with Crippen LogP contribution >= 0.6 is 0 Å². The van der Waals surface area contributed by atoms with E-state index in [0.717, 1.165) is 37.1 Å². The Morgan fingerprint density at radius 1 is 1.27 bits per heavy atom. The molecule has 3 heterocycles. The Hall–Kier alpha value is -2.14. The molecule has 2 aliphatic rings. The molecule has 0 aliphatic carbocycles. The molecule has 1 amide bonds. The van der Waals surface area contributed by atoms with Crippen LogP contribution in [-0.4, -0.2) is 33.7 Å². The molecule has 114 valence electrons. The minimum absolute atomic E-state index is 0.117. The predicted octanol–water partition coefficient (Wildman–Crippen LogP) is 2.39. The fourth-order valence-electron chi connectivity index (χ4n) is 3.34. The third-order valence-electron chi connectivity index (χ3n) is 4.55. The van der Waals surface area contributed by atoms with E-state index in [0.29, 0.717) is 13.2 Å². The largest absolute Gasteiger partial charge is 0.372 e. The van der Waals surface area contributed by atoms with E-state index in [1.54, 1.807) is 6.20 Å². The number of amides is 1. The van der Waals surface area contributed by atoms with Gasteiger partial charge in [-0.25, -0.2) is 0 Å². The number of hydrogen-bond donors (Lipinski definition) is 0. The summed E-state index contributed by atoms with van der Waals surface area (Å²) in [6.07, 6.45) is 5.86. The number of aromatic nitrogens is 2. The maximum absolute atomic E-state index is 12.8. The number of ether oxygens (including phenoxy) is 1. The zero-order chi connectivity index (χ0) is 14.9. The Morgan fingerprint density at radius 2 is 2.18 bits per heavy atom. The van der Waals surface area contributed by atoms with Crippen LogP contribution in [0.1, 0.15) is 40.4 Å².